The molecule has 1 heterocycles. The van der Waals surface area contributed by atoms with Crippen molar-refractivity contribution in [2.75, 3.05) is 6.26 Å². The molecule has 0 N–H and O–H groups in total. The molecule has 0 aromatic heterocycles. The second-order valence-electron chi connectivity index (χ2n) is 7.94. The first-order valence-electron chi connectivity index (χ1n) is 9.43. The molecule has 0 saturated heterocycles. The van der Waals surface area contributed by atoms with Gasteiger partial charge in [0.2, 0.25) is 0 Å². The molecule has 1 spiro atoms. The zero-order valence-corrected chi connectivity index (χ0v) is 16.9. The van der Waals surface area contributed by atoms with Gasteiger partial charge in [-0.3, -0.25) is 4.79 Å². The molecule has 1 atom stereocenters. The predicted octanol–water partition coefficient (Wildman–Crippen LogP) is 4.71. The SMILES string of the molecule is CSC(C)(C)C(=O)OC1=C(C2=CC=CCC2C)C(=O)OC12CCCCC2. The van der Waals surface area contributed by atoms with E-state index < -0.39 is 10.3 Å². The highest BCUT2D eigenvalue weighted by atomic mass is 32.2. The smallest absolute Gasteiger partial charge is 0.343 e. The normalized spacial score (nSPS) is 25.3. The molecular weight excluding hydrogens is 348 g/mol. The number of thioether (sulfide) groups is 1. The zero-order chi connectivity index (χ0) is 18.9. The Morgan fingerprint density at radius 2 is 2.00 bits per heavy atom. The number of carbonyl (C=O) groups is 2. The summed E-state index contributed by atoms with van der Waals surface area (Å²) in [6.07, 6.45) is 13.3. The second kappa shape index (κ2) is 7.26. The molecule has 1 saturated carbocycles. The molecule has 0 amide bonds. The van der Waals surface area contributed by atoms with Crippen LogP contribution < -0.4 is 0 Å². The molecular formula is C21H28O4S. The Labute approximate surface area is 160 Å². The van der Waals surface area contributed by atoms with Gasteiger partial charge in [0.1, 0.15) is 10.3 Å². The number of allylic oxidation sites excluding steroid dienone is 3. The molecule has 3 rings (SSSR count). The van der Waals surface area contributed by atoms with Crippen LogP contribution in [-0.4, -0.2) is 28.5 Å². The number of esters is 2. The van der Waals surface area contributed by atoms with Gasteiger partial charge >= 0.3 is 11.9 Å². The summed E-state index contributed by atoms with van der Waals surface area (Å²) in [6, 6.07) is 0. The zero-order valence-electron chi connectivity index (χ0n) is 16.1. The van der Waals surface area contributed by atoms with E-state index >= 15 is 0 Å². The molecule has 4 nitrogen and oxygen atoms in total. The molecule has 2 aliphatic carbocycles. The molecule has 3 aliphatic rings. The number of ether oxygens (including phenoxy) is 2. The van der Waals surface area contributed by atoms with Gasteiger partial charge in [0.25, 0.3) is 0 Å². The van der Waals surface area contributed by atoms with E-state index in [-0.39, 0.29) is 17.9 Å². The average Bonchev–Trinajstić information content (AvgIpc) is 2.87. The lowest BCUT2D eigenvalue weighted by Crippen LogP contribution is -2.39. The fourth-order valence-electron chi connectivity index (χ4n) is 3.81. The molecule has 0 aromatic rings. The molecule has 0 radical (unpaired) electrons. The molecule has 142 valence electrons. The molecule has 1 fully saturated rings. The van der Waals surface area contributed by atoms with Crippen LogP contribution in [0.15, 0.2) is 35.1 Å². The van der Waals surface area contributed by atoms with E-state index in [0.29, 0.717) is 11.3 Å². The highest BCUT2D eigenvalue weighted by Crippen LogP contribution is 2.48. The molecule has 1 unspecified atom stereocenters. The lowest BCUT2D eigenvalue weighted by Gasteiger charge is -2.34. The van der Waals surface area contributed by atoms with Gasteiger partial charge in [-0.05, 0) is 63.7 Å². The summed E-state index contributed by atoms with van der Waals surface area (Å²) in [5, 5.41) is 0. The van der Waals surface area contributed by atoms with Crippen LogP contribution in [0.2, 0.25) is 0 Å². The maximum Gasteiger partial charge on any atom is 0.343 e. The maximum atomic E-state index is 12.9. The first-order chi connectivity index (χ1) is 12.3. The lowest BCUT2D eigenvalue weighted by atomic mass is 9.80. The molecule has 1 aliphatic heterocycles. The van der Waals surface area contributed by atoms with Gasteiger partial charge < -0.3 is 9.47 Å². The maximum absolute atomic E-state index is 12.9. The lowest BCUT2D eigenvalue weighted by molar-refractivity contribution is -0.156. The number of hydrogen-bond donors (Lipinski definition) is 0. The Morgan fingerprint density at radius 3 is 2.62 bits per heavy atom. The minimum Gasteiger partial charge on any atom is -0.447 e. The quantitative estimate of drug-likeness (QED) is 0.665. The third-order valence-corrected chi connectivity index (χ3v) is 6.90. The van der Waals surface area contributed by atoms with Gasteiger partial charge in [-0.2, -0.15) is 0 Å². The third kappa shape index (κ3) is 3.38. The Bertz CT molecular complexity index is 693. The Morgan fingerprint density at radius 1 is 1.31 bits per heavy atom. The largest absolute Gasteiger partial charge is 0.447 e. The first kappa shape index (κ1) is 19.3. The van der Waals surface area contributed by atoms with Crippen molar-refractivity contribution < 1.29 is 19.1 Å². The third-order valence-electron chi connectivity index (χ3n) is 5.71. The Balaban J connectivity index is 2.07. The summed E-state index contributed by atoms with van der Waals surface area (Å²) >= 11 is 1.44. The summed E-state index contributed by atoms with van der Waals surface area (Å²) < 4.78 is 11.2. The molecule has 0 aromatic carbocycles. The van der Waals surface area contributed by atoms with Crippen molar-refractivity contribution in [2.24, 2.45) is 5.92 Å². The second-order valence-corrected chi connectivity index (χ2v) is 9.37. The summed E-state index contributed by atoms with van der Waals surface area (Å²) in [6.45, 7) is 5.78. The monoisotopic (exact) mass is 376 g/mol. The van der Waals surface area contributed by atoms with E-state index in [0.717, 1.165) is 44.1 Å². The van der Waals surface area contributed by atoms with E-state index in [4.69, 9.17) is 9.47 Å². The fourth-order valence-corrected chi connectivity index (χ4v) is 4.02. The summed E-state index contributed by atoms with van der Waals surface area (Å²) in [5.41, 5.74) is 0.634. The fraction of sp³-hybridized carbons (Fsp3) is 0.619. The van der Waals surface area contributed by atoms with Crippen molar-refractivity contribution in [3.05, 3.63) is 35.1 Å². The first-order valence-corrected chi connectivity index (χ1v) is 10.7. The number of carbonyl (C=O) groups excluding carboxylic acids is 2. The Hall–Kier alpha value is -1.49. The number of rotatable bonds is 4. The van der Waals surface area contributed by atoms with Crippen LogP contribution in [0.1, 0.15) is 59.3 Å². The highest BCUT2D eigenvalue weighted by Gasteiger charge is 2.52. The van der Waals surface area contributed by atoms with Gasteiger partial charge in [0.15, 0.2) is 11.4 Å². The minimum atomic E-state index is -0.767. The van der Waals surface area contributed by atoms with Crippen LogP contribution in [0, 0.1) is 5.92 Å². The van der Waals surface area contributed by atoms with Gasteiger partial charge in [-0.25, -0.2) is 4.79 Å². The number of hydrogen-bond acceptors (Lipinski definition) is 5. The van der Waals surface area contributed by atoms with Gasteiger partial charge in [0, 0.05) is 0 Å². The van der Waals surface area contributed by atoms with E-state index in [1.54, 1.807) is 0 Å². The van der Waals surface area contributed by atoms with E-state index in [1.807, 2.05) is 32.3 Å². The van der Waals surface area contributed by atoms with Crippen molar-refractivity contribution in [1.82, 2.24) is 0 Å². The van der Waals surface area contributed by atoms with Crippen molar-refractivity contribution in [2.45, 2.75) is 69.6 Å². The standard InChI is InChI=1S/C21H28O4S/c1-14-10-6-7-11-15(14)16-17(24-19(23)20(2,3)26-4)21(25-18(16)22)12-8-5-9-13-21/h6-7,11,14H,5,8-10,12-13H2,1-4H3. The molecule has 26 heavy (non-hydrogen) atoms. The van der Waals surface area contributed by atoms with Gasteiger partial charge in [-0.15, -0.1) is 11.8 Å². The van der Waals surface area contributed by atoms with Crippen LogP contribution in [0.25, 0.3) is 0 Å². The van der Waals surface area contributed by atoms with Crippen molar-refractivity contribution in [3.63, 3.8) is 0 Å². The predicted molar refractivity (Wildman–Crippen MR) is 104 cm³/mol. The van der Waals surface area contributed by atoms with Crippen LogP contribution in [-0.2, 0) is 19.1 Å². The van der Waals surface area contributed by atoms with Crippen molar-refractivity contribution >= 4 is 23.7 Å². The van der Waals surface area contributed by atoms with E-state index in [1.165, 1.54) is 11.8 Å². The van der Waals surface area contributed by atoms with Gasteiger partial charge in [0.05, 0.1) is 0 Å². The Kier molecular flexibility index (Phi) is 5.38. The van der Waals surface area contributed by atoms with E-state index in [2.05, 4.69) is 13.0 Å². The van der Waals surface area contributed by atoms with Gasteiger partial charge in [-0.1, -0.05) is 31.6 Å². The topological polar surface area (TPSA) is 52.6 Å². The highest BCUT2D eigenvalue weighted by molar-refractivity contribution is 8.00. The summed E-state index contributed by atoms with van der Waals surface area (Å²) in [5.74, 6) is -0.00307. The average molecular weight is 377 g/mol. The molecule has 5 heteroatoms. The molecule has 0 bridgehead atoms. The van der Waals surface area contributed by atoms with E-state index in [9.17, 15) is 9.59 Å². The van der Waals surface area contributed by atoms with Crippen molar-refractivity contribution in [3.8, 4) is 0 Å². The summed E-state index contributed by atoms with van der Waals surface area (Å²) in [4.78, 5) is 25.7. The summed E-state index contributed by atoms with van der Waals surface area (Å²) in [7, 11) is 0. The van der Waals surface area contributed by atoms with Crippen LogP contribution >= 0.6 is 11.8 Å². The van der Waals surface area contributed by atoms with Crippen molar-refractivity contribution in [1.29, 1.82) is 0 Å². The van der Waals surface area contributed by atoms with Crippen LogP contribution in [0.4, 0.5) is 0 Å². The van der Waals surface area contributed by atoms with Crippen LogP contribution in [0.3, 0.4) is 0 Å². The minimum absolute atomic E-state index is 0.198. The van der Waals surface area contributed by atoms with Crippen LogP contribution in [0.5, 0.6) is 0 Å².